The monoisotopic (exact) mass is 445 g/mol. The molecule has 1 heterocycles. The van der Waals surface area contributed by atoms with Crippen molar-refractivity contribution in [1.82, 2.24) is 4.90 Å². The fourth-order valence-electron chi connectivity index (χ4n) is 4.05. The summed E-state index contributed by atoms with van der Waals surface area (Å²) in [5, 5.41) is 3.51. The number of hydrogen-bond donors (Lipinski definition) is 1. The van der Waals surface area contributed by atoms with E-state index in [2.05, 4.69) is 9.71 Å². The summed E-state index contributed by atoms with van der Waals surface area (Å²) in [5.74, 6) is 0.422. The number of anilines is 1. The van der Waals surface area contributed by atoms with E-state index in [0.29, 0.717) is 23.0 Å². The second-order valence-electron chi connectivity index (χ2n) is 7.94. The van der Waals surface area contributed by atoms with Gasteiger partial charge in [-0.3, -0.25) is 4.79 Å². The molecule has 2 aliphatic rings. The molecule has 2 aromatic carbocycles. The minimum absolute atomic E-state index is 0.0681. The van der Waals surface area contributed by atoms with E-state index in [0.717, 1.165) is 37.8 Å². The molecule has 30 heavy (non-hydrogen) atoms. The molecule has 0 radical (unpaired) electrons. The van der Waals surface area contributed by atoms with E-state index in [1.54, 1.807) is 18.2 Å². The van der Waals surface area contributed by atoms with Crippen molar-refractivity contribution in [2.75, 3.05) is 18.9 Å². The summed E-state index contributed by atoms with van der Waals surface area (Å²) >= 11 is 6.13. The number of halogens is 1. The van der Waals surface area contributed by atoms with Gasteiger partial charge in [0.25, 0.3) is 10.0 Å². The Kier molecular flexibility index (Phi) is 5.59. The number of rotatable bonds is 5. The van der Waals surface area contributed by atoms with E-state index in [-0.39, 0.29) is 10.8 Å². The van der Waals surface area contributed by atoms with Gasteiger partial charge in [-0.15, -0.1) is 4.40 Å². The molecular weight excluding hydrogens is 422 g/mol. The summed E-state index contributed by atoms with van der Waals surface area (Å²) in [6, 6.07) is 13.7. The van der Waals surface area contributed by atoms with Gasteiger partial charge in [-0.1, -0.05) is 36.2 Å². The number of sulfonamides is 1. The maximum absolute atomic E-state index is 13.2. The average Bonchev–Trinajstić information content (AvgIpc) is 3.05. The van der Waals surface area contributed by atoms with Crippen molar-refractivity contribution < 1.29 is 13.2 Å². The molecule has 0 bridgehead atoms. The summed E-state index contributed by atoms with van der Waals surface area (Å²) in [5.41, 5.74) is 0.694. The van der Waals surface area contributed by atoms with Crippen LogP contribution in [0.1, 0.15) is 37.7 Å². The zero-order chi connectivity index (χ0) is 21.4. The molecule has 0 spiro atoms. The van der Waals surface area contributed by atoms with Gasteiger partial charge >= 0.3 is 0 Å². The van der Waals surface area contributed by atoms with E-state index < -0.39 is 15.4 Å². The Hall–Kier alpha value is -2.38. The summed E-state index contributed by atoms with van der Waals surface area (Å²) < 4.78 is 29.5. The number of benzene rings is 2. The topological polar surface area (TPSA) is 78.8 Å². The van der Waals surface area contributed by atoms with Crippen LogP contribution in [0.5, 0.6) is 0 Å². The maximum atomic E-state index is 13.2. The van der Waals surface area contributed by atoms with Crippen LogP contribution in [-0.4, -0.2) is 38.7 Å². The molecule has 2 aromatic rings. The minimum Gasteiger partial charge on any atom is -0.362 e. The molecule has 1 amide bonds. The third-order valence-corrected chi connectivity index (χ3v) is 7.50. The number of carbonyl (C=O) groups is 1. The van der Waals surface area contributed by atoms with Crippen molar-refractivity contribution in [2.24, 2.45) is 4.40 Å². The normalized spacial score (nSPS) is 19.5. The lowest BCUT2D eigenvalue weighted by molar-refractivity contribution is -0.124. The van der Waals surface area contributed by atoms with Crippen molar-refractivity contribution in [3.05, 3.63) is 59.1 Å². The van der Waals surface area contributed by atoms with Gasteiger partial charge in [0.15, 0.2) is 0 Å². The van der Waals surface area contributed by atoms with Crippen molar-refractivity contribution in [3.8, 4) is 0 Å². The van der Waals surface area contributed by atoms with Crippen LogP contribution in [0.15, 0.2) is 57.8 Å². The van der Waals surface area contributed by atoms with E-state index >= 15 is 0 Å². The first-order valence-electron chi connectivity index (χ1n) is 10.0. The summed E-state index contributed by atoms with van der Waals surface area (Å²) in [6.07, 6.45) is 3.97. The SMILES string of the molecule is CN1CCC/C1=N\S(=O)(=O)c1cccc(NC(=O)C2(c3cccc(Cl)c3)CCC2)c1. The first-order valence-corrected chi connectivity index (χ1v) is 11.8. The van der Waals surface area contributed by atoms with Crippen LogP contribution in [0.25, 0.3) is 0 Å². The molecule has 1 N–H and O–H groups in total. The Morgan fingerprint density at radius 2 is 1.90 bits per heavy atom. The molecule has 0 unspecified atom stereocenters. The quantitative estimate of drug-likeness (QED) is 0.747. The summed E-state index contributed by atoms with van der Waals surface area (Å²) in [6.45, 7) is 0.802. The minimum atomic E-state index is -3.84. The molecule has 4 rings (SSSR count). The lowest BCUT2D eigenvalue weighted by atomic mass is 9.64. The van der Waals surface area contributed by atoms with Gasteiger partial charge < -0.3 is 10.2 Å². The first kappa shape index (κ1) is 20.9. The molecule has 0 aromatic heterocycles. The summed E-state index contributed by atoms with van der Waals surface area (Å²) in [7, 11) is -2.00. The Labute approximate surface area is 182 Å². The number of carbonyl (C=O) groups excluding carboxylic acids is 1. The number of amidine groups is 1. The van der Waals surface area contributed by atoms with Crippen LogP contribution in [-0.2, 0) is 20.2 Å². The predicted molar refractivity (Wildman–Crippen MR) is 119 cm³/mol. The van der Waals surface area contributed by atoms with Gasteiger partial charge in [-0.05, 0) is 55.2 Å². The standard InChI is InChI=1S/C22H24ClN3O3S/c1-26-13-4-10-20(26)25-30(28,29)19-9-3-8-18(15-19)24-21(27)22(11-5-12-22)16-6-2-7-17(23)14-16/h2-3,6-9,14-15H,4-5,10-13H2,1H3,(H,24,27)/b25-20+. The van der Waals surface area contributed by atoms with E-state index in [1.807, 2.05) is 30.1 Å². The zero-order valence-corrected chi connectivity index (χ0v) is 18.3. The largest absolute Gasteiger partial charge is 0.362 e. The maximum Gasteiger partial charge on any atom is 0.284 e. The Morgan fingerprint density at radius 3 is 2.53 bits per heavy atom. The highest BCUT2D eigenvalue weighted by Crippen LogP contribution is 2.45. The Morgan fingerprint density at radius 1 is 1.13 bits per heavy atom. The molecule has 0 atom stereocenters. The molecule has 1 saturated carbocycles. The van der Waals surface area contributed by atoms with Gasteiger partial charge in [0.2, 0.25) is 5.91 Å². The van der Waals surface area contributed by atoms with Crippen molar-refractivity contribution in [1.29, 1.82) is 0 Å². The molecule has 1 saturated heterocycles. The van der Waals surface area contributed by atoms with E-state index in [9.17, 15) is 13.2 Å². The fraction of sp³-hybridized carbons (Fsp3) is 0.364. The number of amides is 1. The van der Waals surface area contributed by atoms with Crippen molar-refractivity contribution in [2.45, 2.75) is 42.4 Å². The van der Waals surface area contributed by atoms with E-state index in [1.165, 1.54) is 12.1 Å². The first-order chi connectivity index (χ1) is 14.3. The van der Waals surface area contributed by atoms with Crippen LogP contribution >= 0.6 is 11.6 Å². The third kappa shape index (κ3) is 3.96. The molecule has 1 aliphatic carbocycles. The molecule has 6 nitrogen and oxygen atoms in total. The highest BCUT2D eigenvalue weighted by atomic mass is 35.5. The van der Waals surface area contributed by atoms with Crippen LogP contribution < -0.4 is 5.32 Å². The average molecular weight is 446 g/mol. The second-order valence-corrected chi connectivity index (χ2v) is 9.98. The Bertz CT molecular complexity index is 1110. The Balaban J connectivity index is 1.58. The highest BCUT2D eigenvalue weighted by molar-refractivity contribution is 7.90. The van der Waals surface area contributed by atoms with Crippen LogP contribution in [0, 0.1) is 0 Å². The molecule has 2 fully saturated rings. The molecule has 1 aliphatic heterocycles. The third-order valence-electron chi connectivity index (χ3n) is 5.97. The van der Waals surface area contributed by atoms with Crippen LogP contribution in [0.3, 0.4) is 0 Å². The van der Waals surface area contributed by atoms with Gasteiger partial charge in [0, 0.05) is 30.7 Å². The van der Waals surface area contributed by atoms with Crippen LogP contribution in [0.4, 0.5) is 5.69 Å². The fourth-order valence-corrected chi connectivity index (χ4v) is 5.38. The molecule has 158 valence electrons. The number of nitrogens with one attached hydrogen (secondary N) is 1. The van der Waals surface area contributed by atoms with Crippen molar-refractivity contribution in [3.63, 3.8) is 0 Å². The molecule has 8 heteroatoms. The predicted octanol–water partition coefficient (Wildman–Crippen LogP) is 4.21. The lowest BCUT2D eigenvalue weighted by Gasteiger charge is -2.40. The number of hydrogen-bond acceptors (Lipinski definition) is 3. The zero-order valence-electron chi connectivity index (χ0n) is 16.8. The van der Waals surface area contributed by atoms with Crippen LogP contribution in [0.2, 0.25) is 5.02 Å². The van der Waals surface area contributed by atoms with Gasteiger partial charge in [0.05, 0.1) is 10.3 Å². The van der Waals surface area contributed by atoms with Gasteiger partial charge in [-0.2, -0.15) is 8.42 Å². The second kappa shape index (κ2) is 8.04. The molecular formula is C22H24ClN3O3S. The van der Waals surface area contributed by atoms with E-state index in [4.69, 9.17) is 11.6 Å². The van der Waals surface area contributed by atoms with Crippen molar-refractivity contribution >= 4 is 39.1 Å². The number of nitrogens with zero attached hydrogens (tertiary/aromatic N) is 2. The summed E-state index contributed by atoms with van der Waals surface area (Å²) in [4.78, 5) is 15.1. The highest BCUT2D eigenvalue weighted by Gasteiger charge is 2.45. The van der Waals surface area contributed by atoms with Gasteiger partial charge in [0.1, 0.15) is 5.84 Å². The van der Waals surface area contributed by atoms with Gasteiger partial charge in [-0.25, -0.2) is 0 Å². The smallest absolute Gasteiger partial charge is 0.284 e. The number of likely N-dealkylation sites (tertiary alicyclic amines) is 1. The lowest BCUT2D eigenvalue weighted by Crippen LogP contribution is -2.46.